The fourth-order valence-corrected chi connectivity index (χ4v) is 8.99. The highest BCUT2D eigenvalue weighted by molar-refractivity contribution is 8.15. The van der Waals surface area contributed by atoms with Crippen LogP contribution in [0, 0.1) is 5.82 Å². The van der Waals surface area contributed by atoms with E-state index >= 15 is 0 Å². The maximum atomic E-state index is 14.4. The van der Waals surface area contributed by atoms with E-state index in [-0.39, 0.29) is 46.6 Å². The molecular weight excluding hydrogens is 1050 g/mol. The highest BCUT2D eigenvalue weighted by atomic mass is 35.5. The van der Waals surface area contributed by atoms with Crippen LogP contribution in [0.2, 0.25) is 5.02 Å². The van der Waals surface area contributed by atoms with E-state index in [4.69, 9.17) is 40.0 Å². The molecule has 75 heavy (non-hydrogen) atoms. The van der Waals surface area contributed by atoms with Crippen molar-refractivity contribution in [2.24, 2.45) is 0 Å². The number of nitrogens with one attached hydrogen (secondary N) is 2. The Morgan fingerprint density at radius 3 is 1.61 bits per heavy atom. The Hall–Kier alpha value is -7.43. The first-order chi connectivity index (χ1) is 36.0. The van der Waals surface area contributed by atoms with Crippen molar-refractivity contribution in [2.75, 3.05) is 26.8 Å². The predicted molar refractivity (Wildman–Crippen MR) is 267 cm³/mol. The number of esters is 2. The quantitative estimate of drug-likeness (QED) is 0.0393. The molecule has 2 aliphatic rings. The number of imide groups is 2. The molecule has 22 heteroatoms. The number of carbonyl (C=O) groups excluding carboxylic acids is 6. The second kappa shape index (κ2) is 26.7. The third kappa shape index (κ3) is 17.3. The molecule has 2 fully saturated rings. The Labute approximate surface area is 439 Å². The number of hydrogen-bond donors (Lipinski definition) is 2. The van der Waals surface area contributed by atoms with Gasteiger partial charge in [-0.25, -0.2) is 14.0 Å². The Kier molecular flexibility index (Phi) is 19.7. The van der Waals surface area contributed by atoms with Gasteiger partial charge >= 0.3 is 18.3 Å². The molecule has 4 amide bonds. The second-order valence-corrected chi connectivity index (χ2v) is 18.8. The first-order valence-electron chi connectivity index (χ1n) is 22.5. The standard InChI is InChI=1S/C27H22F3NO7S.C26H21ClFNO6S/c28-27(29,30)38-21-8-4-7-19(14-21)22(36-16-37-25(33)18-5-2-1-3-6-18)15-35-20-11-9-17(10-12-20)13-23-24(32)31-26(34)39-23;27-18-5-3-4-17(13-18)25(31)35-15-34-22(20-6-1-2-7-21(20)28)14-33-19-10-8-16(9-11-19)12-23-24(30)29-26(32)36-23/h1-12,14,22-23H,13,15-16H2,(H,31,32,34);1-11,13,22-23H,12,14-15H2,(H,29,30,32). The van der Waals surface area contributed by atoms with Gasteiger partial charge in [0, 0.05) is 10.6 Å². The zero-order chi connectivity index (χ0) is 53.3. The number of carbonyl (C=O) groups is 6. The van der Waals surface area contributed by atoms with Crippen LogP contribution in [-0.4, -0.2) is 77.9 Å². The van der Waals surface area contributed by atoms with Gasteiger partial charge in [-0.15, -0.1) is 13.2 Å². The zero-order valence-corrected chi connectivity index (χ0v) is 41.4. The van der Waals surface area contributed by atoms with E-state index in [0.717, 1.165) is 46.8 Å². The molecule has 8 rings (SSSR count). The molecule has 2 aliphatic heterocycles. The molecule has 0 bridgehead atoms. The summed E-state index contributed by atoms with van der Waals surface area (Å²) in [6, 6.07) is 39.6. The van der Waals surface area contributed by atoms with Gasteiger partial charge in [-0.2, -0.15) is 0 Å². The van der Waals surface area contributed by atoms with Crippen molar-refractivity contribution in [3.63, 3.8) is 0 Å². The first-order valence-corrected chi connectivity index (χ1v) is 24.6. The lowest BCUT2D eigenvalue weighted by atomic mass is 10.1. The lowest BCUT2D eigenvalue weighted by Crippen LogP contribution is -2.25. The summed E-state index contributed by atoms with van der Waals surface area (Å²) < 4.78 is 89.9. The molecule has 4 atom stereocenters. The van der Waals surface area contributed by atoms with E-state index in [9.17, 15) is 46.3 Å². The molecule has 2 N–H and O–H groups in total. The first kappa shape index (κ1) is 55.3. The summed E-state index contributed by atoms with van der Waals surface area (Å²) in [6.45, 7) is -1.09. The van der Waals surface area contributed by atoms with Crippen LogP contribution in [0.15, 0.2) is 152 Å². The number of hydrogen-bond acceptors (Lipinski definition) is 15. The van der Waals surface area contributed by atoms with Crippen molar-refractivity contribution in [2.45, 2.75) is 41.9 Å². The van der Waals surface area contributed by atoms with Gasteiger partial charge in [0.05, 0.1) is 21.6 Å². The van der Waals surface area contributed by atoms with Gasteiger partial charge in [-0.3, -0.25) is 29.8 Å². The molecule has 0 saturated carbocycles. The van der Waals surface area contributed by atoms with Crippen LogP contribution in [0.3, 0.4) is 0 Å². The highest BCUT2D eigenvalue weighted by Gasteiger charge is 2.33. The fraction of sp³-hybridized carbons (Fsp3) is 0.208. The normalized spacial score (nSPS) is 15.9. The maximum absolute atomic E-state index is 14.4. The van der Waals surface area contributed by atoms with Crippen molar-refractivity contribution < 1.29 is 79.5 Å². The topological polar surface area (TPSA) is 191 Å². The minimum absolute atomic E-state index is 0.0512. The second-order valence-electron chi connectivity index (χ2n) is 16.0. The Morgan fingerprint density at radius 2 is 1.08 bits per heavy atom. The Balaban J connectivity index is 0.000000219. The van der Waals surface area contributed by atoms with Gasteiger partial charge in [0.25, 0.3) is 10.5 Å². The molecule has 4 unspecified atom stereocenters. The third-order valence-corrected chi connectivity index (χ3v) is 12.9. The van der Waals surface area contributed by atoms with Gasteiger partial charge in [0.2, 0.25) is 11.8 Å². The average molecular weight is 1090 g/mol. The molecular formula is C53H43ClF4N2O13S2. The zero-order valence-electron chi connectivity index (χ0n) is 39.0. The van der Waals surface area contributed by atoms with Crippen molar-refractivity contribution in [3.8, 4) is 17.2 Å². The van der Waals surface area contributed by atoms with Crippen LogP contribution in [-0.2, 0) is 41.4 Å². The molecule has 0 aromatic heterocycles. The predicted octanol–water partition coefficient (Wildman–Crippen LogP) is 10.8. The van der Waals surface area contributed by atoms with Crippen LogP contribution in [0.5, 0.6) is 17.2 Å². The summed E-state index contributed by atoms with van der Waals surface area (Å²) in [7, 11) is 0. The Bertz CT molecular complexity index is 2960. The Morgan fingerprint density at radius 1 is 0.573 bits per heavy atom. The van der Waals surface area contributed by atoms with E-state index < -0.39 is 66.2 Å². The molecule has 0 radical (unpaired) electrons. The van der Waals surface area contributed by atoms with Crippen LogP contribution in [0.1, 0.15) is 55.2 Å². The number of alkyl halides is 3. The van der Waals surface area contributed by atoms with E-state index in [1.54, 1.807) is 115 Å². The molecule has 6 aromatic carbocycles. The summed E-state index contributed by atoms with van der Waals surface area (Å²) >= 11 is 7.81. The number of ether oxygens (including phenoxy) is 7. The molecule has 390 valence electrons. The third-order valence-electron chi connectivity index (χ3n) is 10.7. The van der Waals surface area contributed by atoms with Gasteiger partial charge < -0.3 is 33.2 Å². The fourth-order valence-electron chi connectivity index (χ4n) is 7.08. The summed E-state index contributed by atoms with van der Waals surface area (Å²) in [5, 5.41) is 3.21. The smallest absolute Gasteiger partial charge is 0.491 e. The van der Waals surface area contributed by atoms with Crippen molar-refractivity contribution in [1.29, 1.82) is 0 Å². The van der Waals surface area contributed by atoms with E-state index in [0.29, 0.717) is 40.5 Å². The highest BCUT2D eigenvalue weighted by Crippen LogP contribution is 2.30. The summed E-state index contributed by atoms with van der Waals surface area (Å²) in [5.41, 5.74) is 2.80. The molecule has 2 heterocycles. The van der Waals surface area contributed by atoms with Gasteiger partial charge in [-0.05, 0) is 102 Å². The lowest BCUT2D eigenvalue weighted by Gasteiger charge is -2.20. The van der Waals surface area contributed by atoms with Crippen LogP contribution in [0.25, 0.3) is 0 Å². The number of benzene rings is 6. The van der Waals surface area contributed by atoms with Crippen LogP contribution >= 0.6 is 35.1 Å². The average Bonchev–Trinajstić information content (AvgIpc) is 3.89. The van der Waals surface area contributed by atoms with E-state index in [2.05, 4.69) is 15.4 Å². The summed E-state index contributed by atoms with van der Waals surface area (Å²) in [6.07, 6.45) is -5.89. The largest absolute Gasteiger partial charge is 0.573 e. The number of rotatable bonds is 21. The molecule has 15 nitrogen and oxygen atoms in total. The molecule has 0 spiro atoms. The minimum Gasteiger partial charge on any atom is -0.491 e. The number of thioether (sulfide) groups is 2. The minimum atomic E-state index is -4.87. The van der Waals surface area contributed by atoms with Crippen molar-refractivity contribution in [3.05, 3.63) is 196 Å². The van der Waals surface area contributed by atoms with E-state index in [1.165, 1.54) is 24.3 Å². The van der Waals surface area contributed by atoms with Crippen molar-refractivity contribution >= 4 is 69.4 Å². The van der Waals surface area contributed by atoms with Gasteiger partial charge in [-0.1, -0.05) is 114 Å². The van der Waals surface area contributed by atoms with Crippen LogP contribution in [0.4, 0.5) is 27.2 Å². The number of amides is 4. The van der Waals surface area contributed by atoms with Gasteiger partial charge in [0.1, 0.15) is 48.5 Å². The molecule has 2 saturated heterocycles. The van der Waals surface area contributed by atoms with Crippen LogP contribution < -0.4 is 24.8 Å². The summed E-state index contributed by atoms with van der Waals surface area (Å²) in [5.74, 6) is -1.89. The number of halogens is 5. The molecule has 6 aromatic rings. The lowest BCUT2D eigenvalue weighted by molar-refractivity contribution is -0.274. The van der Waals surface area contributed by atoms with E-state index in [1.807, 2.05) is 0 Å². The summed E-state index contributed by atoms with van der Waals surface area (Å²) in [4.78, 5) is 70.7. The molecule has 0 aliphatic carbocycles. The van der Waals surface area contributed by atoms with Crippen molar-refractivity contribution in [1.82, 2.24) is 10.6 Å². The monoisotopic (exact) mass is 1090 g/mol. The SMILES string of the molecule is O=C1NC(=O)C(Cc2ccc(OCC(OCOC(=O)c3cccc(Cl)c3)c3ccccc3F)cc2)S1.O=C1NC(=O)C(Cc2ccc(OCC(OCOC(=O)c3ccccc3)c3cccc(OC(F)(F)F)c3)cc2)S1. The van der Waals surface area contributed by atoms with Gasteiger partial charge in [0.15, 0.2) is 13.6 Å². The maximum Gasteiger partial charge on any atom is 0.573 e.